The fourth-order valence-corrected chi connectivity index (χ4v) is 4.99. The predicted octanol–water partition coefficient (Wildman–Crippen LogP) is 5.95. The minimum Gasteiger partial charge on any atom is -0.396 e. The van der Waals surface area contributed by atoms with Crippen LogP contribution < -0.4 is 5.32 Å². The number of fused-ring (bicyclic) bond motifs is 1. The predicted molar refractivity (Wildman–Crippen MR) is 138 cm³/mol. The summed E-state index contributed by atoms with van der Waals surface area (Å²) >= 11 is 0. The molecule has 3 rings (SSSR count). The van der Waals surface area contributed by atoms with Gasteiger partial charge in [-0.1, -0.05) is 91.4 Å². The van der Waals surface area contributed by atoms with Crippen LogP contribution in [-0.4, -0.2) is 24.2 Å². The molecule has 0 aliphatic heterocycles. The smallest absolute Gasteiger partial charge is 0.243 e. The van der Waals surface area contributed by atoms with Crippen molar-refractivity contribution < 1.29 is 9.90 Å². The molecule has 0 radical (unpaired) electrons. The van der Waals surface area contributed by atoms with Crippen molar-refractivity contribution in [3.8, 4) is 0 Å². The molecule has 176 valence electrons. The molecule has 1 fully saturated rings. The Morgan fingerprint density at radius 2 is 1.85 bits per heavy atom. The summed E-state index contributed by atoms with van der Waals surface area (Å²) in [7, 11) is 0. The number of benzene rings is 1. The number of hydrogen-bond donors (Lipinski definition) is 2. The minimum absolute atomic E-state index is 0.0411. The quantitative estimate of drug-likeness (QED) is 0.181. The number of aliphatic hydroxyl groups excluding tert-OH is 1. The lowest BCUT2D eigenvalue weighted by Crippen LogP contribution is -2.26. The highest BCUT2D eigenvalue weighted by Gasteiger charge is 2.36. The van der Waals surface area contributed by atoms with Crippen LogP contribution in [0.4, 0.5) is 0 Å². The lowest BCUT2D eigenvalue weighted by Gasteiger charge is -2.33. The first kappa shape index (κ1) is 25.0. The van der Waals surface area contributed by atoms with E-state index in [9.17, 15) is 4.79 Å². The van der Waals surface area contributed by atoms with Gasteiger partial charge in [0.15, 0.2) is 0 Å². The Labute approximate surface area is 199 Å². The SMILES string of the molecule is O=C(C=CC=C[C@@H]1[C@@H]2CCC[C@H]2C=C[C@H]1/C=C/C=C/CCCCO)NCCc1ccccc1. The van der Waals surface area contributed by atoms with E-state index in [2.05, 4.69) is 66.1 Å². The molecule has 2 aliphatic carbocycles. The highest BCUT2D eigenvalue weighted by atomic mass is 16.2. The molecule has 0 spiro atoms. The van der Waals surface area contributed by atoms with Gasteiger partial charge >= 0.3 is 0 Å². The summed E-state index contributed by atoms with van der Waals surface area (Å²) in [6.45, 7) is 0.922. The van der Waals surface area contributed by atoms with Crippen LogP contribution in [0.3, 0.4) is 0 Å². The molecule has 1 aromatic carbocycles. The van der Waals surface area contributed by atoms with E-state index in [1.807, 2.05) is 24.3 Å². The number of unbranched alkanes of at least 4 members (excludes halogenated alkanes) is 2. The topological polar surface area (TPSA) is 49.3 Å². The molecule has 33 heavy (non-hydrogen) atoms. The van der Waals surface area contributed by atoms with Gasteiger partial charge in [0.05, 0.1) is 0 Å². The number of aliphatic hydroxyl groups is 1. The lowest BCUT2D eigenvalue weighted by molar-refractivity contribution is -0.116. The molecular formula is C30H39NO2. The molecule has 3 nitrogen and oxygen atoms in total. The Morgan fingerprint density at radius 3 is 2.70 bits per heavy atom. The Kier molecular flexibility index (Phi) is 11.0. The number of allylic oxidation sites excluding steroid dienone is 9. The molecule has 1 saturated carbocycles. The summed E-state index contributed by atoms with van der Waals surface area (Å²) in [4.78, 5) is 12.1. The fraction of sp³-hybridized carbons (Fsp3) is 0.433. The van der Waals surface area contributed by atoms with Gasteiger partial charge in [-0.25, -0.2) is 0 Å². The van der Waals surface area contributed by atoms with Crippen molar-refractivity contribution in [1.29, 1.82) is 0 Å². The van der Waals surface area contributed by atoms with Gasteiger partial charge in [0, 0.05) is 25.1 Å². The Bertz CT molecular complexity index is 849. The van der Waals surface area contributed by atoms with Crippen molar-refractivity contribution in [1.82, 2.24) is 5.32 Å². The number of carbonyl (C=O) groups excluding carboxylic acids is 1. The number of hydrogen-bond acceptors (Lipinski definition) is 2. The molecule has 1 aromatic rings. The zero-order chi connectivity index (χ0) is 23.1. The van der Waals surface area contributed by atoms with Crippen molar-refractivity contribution >= 4 is 5.91 Å². The van der Waals surface area contributed by atoms with E-state index in [0.29, 0.717) is 30.2 Å². The second-order valence-corrected chi connectivity index (χ2v) is 9.10. The molecule has 0 aromatic heterocycles. The third kappa shape index (κ3) is 8.66. The molecule has 1 amide bonds. The fourth-order valence-electron chi connectivity index (χ4n) is 4.99. The maximum atomic E-state index is 12.1. The summed E-state index contributed by atoms with van der Waals surface area (Å²) in [6, 6.07) is 10.2. The van der Waals surface area contributed by atoms with E-state index in [4.69, 9.17) is 5.11 Å². The lowest BCUT2D eigenvalue weighted by atomic mass is 9.71. The van der Waals surface area contributed by atoms with Gasteiger partial charge in [-0.05, 0) is 61.8 Å². The van der Waals surface area contributed by atoms with Crippen LogP contribution in [-0.2, 0) is 11.2 Å². The van der Waals surface area contributed by atoms with Crippen molar-refractivity contribution in [2.75, 3.05) is 13.2 Å². The van der Waals surface area contributed by atoms with Gasteiger partial charge in [0.25, 0.3) is 0 Å². The molecule has 0 saturated heterocycles. The molecule has 0 unspecified atom stereocenters. The van der Waals surface area contributed by atoms with Crippen LogP contribution in [0, 0.1) is 23.7 Å². The van der Waals surface area contributed by atoms with Gasteiger partial charge in [0.1, 0.15) is 0 Å². The van der Waals surface area contributed by atoms with Crippen LogP contribution >= 0.6 is 0 Å². The molecule has 4 atom stereocenters. The summed E-state index contributed by atoms with van der Waals surface area (Å²) in [6.07, 6.45) is 29.1. The second-order valence-electron chi connectivity index (χ2n) is 9.10. The number of nitrogens with one attached hydrogen (secondary N) is 1. The summed E-state index contributed by atoms with van der Waals surface area (Å²) in [5.41, 5.74) is 1.23. The third-order valence-electron chi connectivity index (χ3n) is 6.75. The molecular weight excluding hydrogens is 406 g/mol. The van der Waals surface area contributed by atoms with E-state index in [0.717, 1.165) is 25.7 Å². The van der Waals surface area contributed by atoms with Gasteiger partial charge in [-0.3, -0.25) is 4.79 Å². The first-order chi connectivity index (χ1) is 16.3. The van der Waals surface area contributed by atoms with Crippen molar-refractivity contribution in [2.45, 2.75) is 44.9 Å². The second kappa shape index (κ2) is 14.5. The van der Waals surface area contributed by atoms with Gasteiger partial charge in [0.2, 0.25) is 5.91 Å². The van der Waals surface area contributed by atoms with Gasteiger partial charge < -0.3 is 10.4 Å². The molecule has 0 heterocycles. The maximum Gasteiger partial charge on any atom is 0.243 e. The zero-order valence-electron chi connectivity index (χ0n) is 19.7. The Morgan fingerprint density at radius 1 is 1.00 bits per heavy atom. The molecule has 0 bridgehead atoms. The normalized spacial score (nSPS) is 25.0. The summed E-state index contributed by atoms with van der Waals surface area (Å²) < 4.78 is 0. The zero-order valence-corrected chi connectivity index (χ0v) is 19.7. The van der Waals surface area contributed by atoms with E-state index >= 15 is 0 Å². The monoisotopic (exact) mass is 445 g/mol. The average Bonchev–Trinajstić information content (AvgIpc) is 3.32. The van der Waals surface area contributed by atoms with E-state index < -0.39 is 0 Å². The highest BCUT2D eigenvalue weighted by molar-refractivity contribution is 5.87. The van der Waals surface area contributed by atoms with Crippen LogP contribution in [0.1, 0.15) is 44.1 Å². The van der Waals surface area contributed by atoms with Crippen molar-refractivity contribution in [3.05, 3.63) is 96.7 Å². The van der Waals surface area contributed by atoms with Crippen molar-refractivity contribution in [3.63, 3.8) is 0 Å². The van der Waals surface area contributed by atoms with Gasteiger partial charge in [-0.15, -0.1) is 0 Å². The standard InChI is InChI=1S/C30H39NO2/c32-24-11-4-2-1-3-8-15-26-20-21-27-16-12-18-29(27)28(26)17-9-10-19-30(33)31-23-22-25-13-6-5-7-14-25/h1,3,5-10,13-15,17,19-21,26-29,32H,2,4,11-12,16,18,22-24H2,(H,31,33)/b3-1+,15-8+,17-9?,19-10?/t26-,27+,28+,29-/m1/s1. The summed E-state index contributed by atoms with van der Waals surface area (Å²) in [5.74, 6) is 2.23. The first-order valence-corrected chi connectivity index (χ1v) is 12.6. The molecule has 3 heteroatoms. The average molecular weight is 446 g/mol. The number of amides is 1. The number of carbonyl (C=O) groups is 1. The van der Waals surface area contributed by atoms with Crippen LogP contribution in [0.25, 0.3) is 0 Å². The van der Waals surface area contributed by atoms with Crippen LogP contribution in [0.2, 0.25) is 0 Å². The number of rotatable bonds is 12. The van der Waals surface area contributed by atoms with E-state index in [1.165, 1.54) is 24.8 Å². The van der Waals surface area contributed by atoms with Crippen molar-refractivity contribution in [2.24, 2.45) is 23.7 Å². The van der Waals surface area contributed by atoms with E-state index in [1.54, 1.807) is 6.08 Å². The molecule has 2 aliphatic rings. The highest BCUT2D eigenvalue weighted by Crippen LogP contribution is 2.45. The minimum atomic E-state index is -0.0411. The van der Waals surface area contributed by atoms with Crippen LogP contribution in [0.15, 0.2) is 91.1 Å². The third-order valence-corrected chi connectivity index (χ3v) is 6.75. The van der Waals surface area contributed by atoms with Gasteiger partial charge in [-0.2, -0.15) is 0 Å². The summed E-state index contributed by atoms with van der Waals surface area (Å²) in [5, 5.41) is 11.8. The Balaban J connectivity index is 1.49. The largest absolute Gasteiger partial charge is 0.396 e. The molecule has 2 N–H and O–H groups in total. The first-order valence-electron chi connectivity index (χ1n) is 12.6. The van der Waals surface area contributed by atoms with Crippen LogP contribution in [0.5, 0.6) is 0 Å². The van der Waals surface area contributed by atoms with E-state index in [-0.39, 0.29) is 12.5 Å². The maximum absolute atomic E-state index is 12.1. The Hall–Kier alpha value is -2.65.